The van der Waals surface area contributed by atoms with Gasteiger partial charge in [-0.3, -0.25) is 9.59 Å². The lowest BCUT2D eigenvalue weighted by atomic mass is 9.91. The van der Waals surface area contributed by atoms with E-state index in [-0.39, 0.29) is 12.5 Å². The molecule has 2 aromatic carbocycles. The van der Waals surface area contributed by atoms with Crippen molar-refractivity contribution < 1.29 is 23.9 Å². The summed E-state index contributed by atoms with van der Waals surface area (Å²) in [5, 5.41) is 5.49. The van der Waals surface area contributed by atoms with Gasteiger partial charge in [-0.1, -0.05) is 31.2 Å². The Bertz CT molecular complexity index is 1060. The molecule has 0 saturated heterocycles. The molecule has 8 nitrogen and oxygen atoms in total. The summed E-state index contributed by atoms with van der Waals surface area (Å²) in [6, 6.07) is 13.5. The molecular weight excluding hydrogens is 458 g/mol. The third kappa shape index (κ3) is 7.73. The van der Waals surface area contributed by atoms with E-state index < -0.39 is 29.2 Å². The molecule has 0 radical (unpaired) electrons. The van der Waals surface area contributed by atoms with Crippen molar-refractivity contribution in [1.29, 1.82) is 0 Å². The molecule has 36 heavy (non-hydrogen) atoms. The number of hydrogen-bond donors (Lipinski definition) is 2. The van der Waals surface area contributed by atoms with Crippen LogP contribution in [0.1, 0.15) is 65.1 Å². The SMILES string of the molecule is CCC(C)(C)N(C(=O)CNC(=O)OC(C)(C)C)C(C(=O)Nc1ccc(OC)cc1)c1ccccc1C. The number of carbonyl (C=O) groups excluding carboxylic acids is 3. The van der Waals surface area contributed by atoms with Crippen LogP contribution in [0.3, 0.4) is 0 Å². The topological polar surface area (TPSA) is 97.0 Å². The van der Waals surface area contributed by atoms with Crippen molar-refractivity contribution in [3.05, 3.63) is 59.7 Å². The van der Waals surface area contributed by atoms with Gasteiger partial charge in [-0.25, -0.2) is 4.79 Å². The summed E-state index contributed by atoms with van der Waals surface area (Å²) in [5.41, 5.74) is 0.759. The Morgan fingerprint density at radius 2 is 1.58 bits per heavy atom. The van der Waals surface area contributed by atoms with Crippen LogP contribution in [0.2, 0.25) is 0 Å². The van der Waals surface area contributed by atoms with Gasteiger partial charge >= 0.3 is 6.09 Å². The molecule has 0 saturated carbocycles. The van der Waals surface area contributed by atoms with Crippen molar-refractivity contribution >= 4 is 23.6 Å². The Morgan fingerprint density at radius 1 is 0.972 bits per heavy atom. The summed E-state index contributed by atoms with van der Waals surface area (Å²) in [6.45, 7) is 12.6. The summed E-state index contributed by atoms with van der Waals surface area (Å²) in [5.74, 6) is -0.0898. The first-order valence-electron chi connectivity index (χ1n) is 12.1. The second-order valence-electron chi connectivity index (χ2n) is 10.3. The van der Waals surface area contributed by atoms with Gasteiger partial charge in [0.2, 0.25) is 5.91 Å². The van der Waals surface area contributed by atoms with Gasteiger partial charge in [-0.05, 0) is 83.4 Å². The zero-order valence-corrected chi connectivity index (χ0v) is 22.6. The number of rotatable bonds is 9. The average molecular weight is 498 g/mol. The number of nitrogens with one attached hydrogen (secondary N) is 2. The van der Waals surface area contributed by atoms with Crippen molar-refractivity contribution in [2.45, 2.75) is 72.1 Å². The summed E-state index contributed by atoms with van der Waals surface area (Å²) in [6.07, 6.45) is -0.108. The predicted molar refractivity (Wildman–Crippen MR) is 141 cm³/mol. The van der Waals surface area contributed by atoms with E-state index in [2.05, 4.69) is 10.6 Å². The largest absolute Gasteiger partial charge is 0.497 e. The second-order valence-corrected chi connectivity index (χ2v) is 10.3. The van der Waals surface area contributed by atoms with E-state index in [4.69, 9.17) is 9.47 Å². The van der Waals surface area contributed by atoms with Crippen LogP contribution in [0.25, 0.3) is 0 Å². The van der Waals surface area contributed by atoms with Gasteiger partial charge in [0, 0.05) is 11.2 Å². The lowest BCUT2D eigenvalue weighted by molar-refractivity contribution is -0.145. The van der Waals surface area contributed by atoms with Gasteiger partial charge in [-0.15, -0.1) is 0 Å². The number of nitrogens with zero attached hydrogens (tertiary/aromatic N) is 1. The van der Waals surface area contributed by atoms with Crippen molar-refractivity contribution in [2.75, 3.05) is 19.0 Å². The van der Waals surface area contributed by atoms with Crippen LogP contribution in [-0.4, -0.2) is 47.6 Å². The van der Waals surface area contributed by atoms with Crippen LogP contribution < -0.4 is 15.4 Å². The minimum Gasteiger partial charge on any atom is -0.497 e. The highest BCUT2D eigenvalue weighted by Gasteiger charge is 2.40. The molecule has 0 fully saturated rings. The molecule has 0 aliphatic heterocycles. The van der Waals surface area contributed by atoms with E-state index in [1.54, 1.807) is 57.0 Å². The molecule has 196 valence electrons. The Morgan fingerprint density at radius 3 is 2.11 bits per heavy atom. The highest BCUT2D eigenvalue weighted by molar-refractivity contribution is 5.99. The molecule has 1 atom stereocenters. The average Bonchev–Trinajstić information content (AvgIpc) is 2.80. The summed E-state index contributed by atoms with van der Waals surface area (Å²) in [7, 11) is 1.57. The van der Waals surface area contributed by atoms with Gasteiger partial charge < -0.3 is 25.0 Å². The summed E-state index contributed by atoms with van der Waals surface area (Å²) < 4.78 is 10.5. The number of benzene rings is 2. The third-order valence-electron chi connectivity index (χ3n) is 5.92. The number of alkyl carbamates (subject to hydrolysis) is 1. The van der Waals surface area contributed by atoms with Gasteiger partial charge in [0.1, 0.15) is 23.9 Å². The Balaban J connectivity index is 2.46. The zero-order valence-electron chi connectivity index (χ0n) is 22.6. The Hall–Kier alpha value is -3.55. The molecule has 0 aromatic heterocycles. The molecule has 0 spiro atoms. The van der Waals surface area contributed by atoms with Crippen molar-refractivity contribution in [2.24, 2.45) is 0 Å². The first-order valence-corrected chi connectivity index (χ1v) is 12.1. The highest BCUT2D eigenvalue weighted by atomic mass is 16.6. The predicted octanol–water partition coefficient (Wildman–Crippen LogP) is 5.23. The molecule has 2 rings (SSSR count). The number of hydrogen-bond acceptors (Lipinski definition) is 5. The van der Waals surface area contributed by atoms with Crippen molar-refractivity contribution in [3.63, 3.8) is 0 Å². The quantitative estimate of drug-likeness (QED) is 0.495. The Labute approximate surface area is 214 Å². The maximum Gasteiger partial charge on any atom is 0.408 e. The molecule has 0 bridgehead atoms. The van der Waals surface area contributed by atoms with E-state index in [9.17, 15) is 14.4 Å². The fourth-order valence-electron chi connectivity index (χ4n) is 3.72. The first kappa shape index (κ1) is 28.7. The molecule has 8 heteroatoms. The molecule has 3 amide bonds. The van der Waals surface area contributed by atoms with E-state index in [1.807, 2.05) is 52.0 Å². The van der Waals surface area contributed by atoms with Gasteiger partial charge in [0.15, 0.2) is 0 Å². The maximum absolute atomic E-state index is 13.8. The van der Waals surface area contributed by atoms with Gasteiger partial charge in [-0.2, -0.15) is 0 Å². The number of ether oxygens (including phenoxy) is 2. The molecule has 2 N–H and O–H groups in total. The van der Waals surface area contributed by atoms with Crippen LogP contribution in [0.4, 0.5) is 10.5 Å². The van der Waals surface area contributed by atoms with Gasteiger partial charge in [0.05, 0.1) is 7.11 Å². The van der Waals surface area contributed by atoms with Crippen LogP contribution >= 0.6 is 0 Å². The fourth-order valence-corrected chi connectivity index (χ4v) is 3.72. The van der Waals surface area contributed by atoms with E-state index in [0.29, 0.717) is 23.4 Å². The molecule has 0 aliphatic rings. The molecule has 2 aromatic rings. The molecular formula is C28H39N3O5. The Kier molecular flexibility index (Phi) is 9.50. The van der Waals surface area contributed by atoms with Crippen molar-refractivity contribution in [1.82, 2.24) is 10.2 Å². The summed E-state index contributed by atoms with van der Waals surface area (Å²) >= 11 is 0. The molecule has 0 heterocycles. The van der Waals surface area contributed by atoms with Crippen LogP contribution in [-0.2, 0) is 14.3 Å². The van der Waals surface area contributed by atoms with Crippen molar-refractivity contribution in [3.8, 4) is 5.75 Å². The maximum atomic E-state index is 13.8. The van der Waals surface area contributed by atoms with E-state index in [1.165, 1.54) is 0 Å². The summed E-state index contributed by atoms with van der Waals surface area (Å²) in [4.78, 5) is 41.2. The third-order valence-corrected chi connectivity index (χ3v) is 5.92. The number of carbonyl (C=O) groups is 3. The lowest BCUT2D eigenvalue weighted by Crippen LogP contribution is -2.55. The van der Waals surface area contributed by atoms with Crippen LogP contribution in [0, 0.1) is 6.92 Å². The number of aryl methyl sites for hydroxylation is 1. The second kappa shape index (κ2) is 11.9. The number of anilines is 1. The normalized spacial score (nSPS) is 12.3. The zero-order chi connectivity index (χ0) is 27.1. The van der Waals surface area contributed by atoms with Gasteiger partial charge in [0.25, 0.3) is 5.91 Å². The van der Waals surface area contributed by atoms with Crippen LogP contribution in [0.15, 0.2) is 48.5 Å². The highest BCUT2D eigenvalue weighted by Crippen LogP contribution is 2.33. The first-order chi connectivity index (χ1) is 16.8. The smallest absolute Gasteiger partial charge is 0.408 e. The standard InChI is InChI=1S/C28H39N3O5/c1-9-28(6,7)31(23(32)18-29-26(34)36-27(3,4)5)24(22-13-11-10-12-19(22)2)25(33)30-20-14-16-21(35-8)17-15-20/h10-17,24H,9,18H2,1-8H3,(H,29,34)(H,30,33). The van der Waals surface area contributed by atoms with E-state index >= 15 is 0 Å². The minimum atomic E-state index is -0.934. The van der Waals surface area contributed by atoms with E-state index in [0.717, 1.165) is 5.56 Å². The molecule has 0 aliphatic carbocycles. The monoisotopic (exact) mass is 497 g/mol. The molecule has 1 unspecified atom stereocenters. The lowest BCUT2D eigenvalue weighted by Gasteiger charge is -2.43. The minimum absolute atomic E-state index is 0.309. The number of methoxy groups -OCH3 is 1. The fraction of sp³-hybridized carbons (Fsp3) is 0.464. The van der Waals surface area contributed by atoms with Crippen LogP contribution in [0.5, 0.6) is 5.75 Å². The number of amides is 3.